The van der Waals surface area contributed by atoms with E-state index in [0.717, 1.165) is 44.0 Å². The minimum absolute atomic E-state index is 0.0123. The number of fused-ring (bicyclic) bond motifs is 1. The van der Waals surface area contributed by atoms with Crippen LogP contribution < -0.4 is 16.2 Å². The second kappa shape index (κ2) is 7.15. The zero-order chi connectivity index (χ0) is 21.0. The second-order valence-corrected chi connectivity index (χ2v) is 9.10. The molecule has 5 rings (SSSR count). The number of halogens is 2. The number of pyridine rings is 1. The van der Waals surface area contributed by atoms with Gasteiger partial charge in [0, 0.05) is 49.4 Å². The van der Waals surface area contributed by atoms with Crippen molar-refractivity contribution in [2.45, 2.75) is 25.4 Å². The van der Waals surface area contributed by atoms with Crippen LogP contribution in [0.4, 0.5) is 5.82 Å². The maximum absolute atomic E-state index is 13.1. The number of nitrogens with two attached hydrogens (primary N) is 1. The molecule has 30 heavy (non-hydrogen) atoms. The van der Waals surface area contributed by atoms with E-state index in [1.165, 1.54) is 0 Å². The van der Waals surface area contributed by atoms with Crippen molar-refractivity contribution in [1.82, 2.24) is 14.3 Å². The van der Waals surface area contributed by atoms with Crippen LogP contribution in [-0.2, 0) is 13.6 Å². The Morgan fingerprint density at radius 3 is 2.60 bits per heavy atom. The van der Waals surface area contributed by atoms with Gasteiger partial charge in [-0.25, -0.2) is 0 Å². The second-order valence-electron chi connectivity index (χ2n) is 8.31. The number of anilines is 1. The molecule has 1 aromatic carbocycles. The van der Waals surface area contributed by atoms with E-state index in [0.29, 0.717) is 21.2 Å². The third kappa shape index (κ3) is 2.89. The molecule has 1 saturated heterocycles. The number of nitrogens with zero attached hydrogens (tertiary/aromatic N) is 4. The molecule has 2 aromatic heterocycles. The molecule has 0 aliphatic carbocycles. The quantitative estimate of drug-likeness (QED) is 0.652. The summed E-state index contributed by atoms with van der Waals surface area (Å²) in [4.78, 5) is 15.4. The summed E-state index contributed by atoms with van der Waals surface area (Å²) in [7, 11) is 1.81. The highest BCUT2D eigenvalue weighted by molar-refractivity contribution is 6.43. The van der Waals surface area contributed by atoms with Crippen molar-refractivity contribution in [2.75, 3.05) is 18.0 Å². The molecule has 0 radical (unpaired) electrons. The van der Waals surface area contributed by atoms with E-state index < -0.39 is 0 Å². The van der Waals surface area contributed by atoms with Crippen LogP contribution in [0, 0.1) is 5.41 Å². The Morgan fingerprint density at radius 2 is 1.87 bits per heavy atom. The van der Waals surface area contributed by atoms with Crippen molar-refractivity contribution in [2.24, 2.45) is 18.2 Å². The molecule has 1 spiro atoms. The average Bonchev–Trinajstić information content (AvgIpc) is 3.29. The van der Waals surface area contributed by atoms with Gasteiger partial charge in [0.05, 0.1) is 21.8 Å². The Kier molecular flexibility index (Phi) is 4.69. The molecular weight excluding hydrogens is 421 g/mol. The molecule has 8 heteroatoms. The number of rotatable bonds is 2. The van der Waals surface area contributed by atoms with Crippen LogP contribution in [-0.4, -0.2) is 27.4 Å². The molecule has 1 atom stereocenters. The molecule has 6 nitrogen and oxygen atoms in total. The Hall–Kier alpha value is -2.28. The molecule has 1 fully saturated rings. The first kappa shape index (κ1) is 19.7. The molecule has 0 unspecified atom stereocenters. The molecule has 0 amide bonds. The molecule has 0 bridgehead atoms. The summed E-state index contributed by atoms with van der Waals surface area (Å²) >= 11 is 12.5. The highest BCUT2D eigenvalue weighted by Crippen LogP contribution is 2.48. The van der Waals surface area contributed by atoms with E-state index in [-0.39, 0.29) is 17.0 Å². The fourth-order valence-electron chi connectivity index (χ4n) is 4.96. The standard InChI is InChI=1S/C22H23Cl2N5O/c1-27-18(6-5-15(21(27)30)14-3-2-4-16(23)19(14)24)28-11-8-22(9-12-28)13-29-17(20(22)25)7-10-26-29/h2-7,10,20H,8-9,11-13,25H2,1H3/t20-/m1/s1. The lowest BCUT2D eigenvalue weighted by molar-refractivity contribution is 0.170. The lowest BCUT2D eigenvalue weighted by Gasteiger charge is -2.42. The first-order valence-electron chi connectivity index (χ1n) is 10.1. The summed E-state index contributed by atoms with van der Waals surface area (Å²) in [6, 6.07) is 11.2. The van der Waals surface area contributed by atoms with Crippen molar-refractivity contribution < 1.29 is 0 Å². The van der Waals surface area contributed by atoms with Crippen LogP contribution >= 0.6 is 23.2 Å². The third-order valence-electron chi connectivity index (χ3n) is 6.80. The van der Waals surface area contributed by atoms with E-state index in [4.69, 9.17) is 28.9 Å². The van der Waals surface area contributed by atoms with Gasteiger partial charge in [-0.3, -0.25) is 14.0 Å². The number of hydrogen-bond acceptors (Lipinski definition) is 4. The fraction of sp³-hybridized carbons (Fsp3) is 0.364. The van der Waals surface area contributed by atoms with Crippen molar-refractivity contribution in [1.29, 1.82) is 0 Å². The van der Waals surface area contributed by atoms with Crippen LogP contribution in [0.15, 0.2) is 47.4 Å². The van der Waals surface area contributed by atoms with Gasteiger partial charge >= 0.3 is 0 Å². The molecule has 156 valence electrons. The van der Waals surface area contributed by atoms with Gasteiger partial charge in [-0.15, -0.1) is 0 Å². The van der Waals surface area contributed by atoms with Gasteiger partial charge in [0.2, 0.25) is 0 Å². The summed E-state index contributed by atoms with van der Waals surface area (Å²) in [6.45, 7) is 2.57. The average molecular weight is 444 g/mol. The van der Waals surface area contributed by atoms with E-state index in [2.05, 4.69) is 10.00 Å². The number of aromatic nitrogens is 3. The Balaban J connectivity index is 1.40. The zero-order valence-electron chi connectivity index (χ0n) is 16.7. The minimum Gasteiger partial charge on any atom is -0.358 e. The summed E-state index contributed by atoms with van der Waals surface area (Å²) in [5.41, 5.74) is 8.88. The third-order valence-corrected chi connectivity index (χ3v) is 7.61. The van der Waals surface area contributed by atoms with E-state index >= 15 is 0 Å². The molecule has 2 N–H and O–H groups in total. The molecule has 4 heterocycles. The van der Waals surface area contributed by atoms with Gasteiger partial charge < -0.3 is 10.6 Å². The highest BCUT2D eigenvalue weighted by atomic mass is 35.5. The highest BCUT2D eigenvalue weighted by Gasteiger charge is 2.47. The van der Waals surface area contributed by atoms with Crippen LogP contribution in [0.2, 0.25) is 10.0 Å². The normalized spacial score (nSPS) is 20.0. The molecule has 2 aliphatic rings. The first-order chi connectivity index (χ1) is 14.4. The summed E-state index contributed by atoms with van der Waals surface area (Å²) in [5, 5.41) is 5.25. The van der Waals surface area contributed by atoms with Crippen molar-refractivity contribution in [3.05, 3.63) is 68.7 Å². The van der Waals surface area contributed by atoms with Gasteiger partial charge in [-0.1, -0.05) is 35.3 Å². The molecule has 2 aliphatic heterocycles. The smallest absolute Gasteiger partial charge is 0.259 e. The first-order valence-corrected chi connectivity index (χ1v) is 10.8. The van der Waals surface area contributed by atoms with Crippen molar-refractivity contribution in [3.8, 4) is 11.1 Å². The van der Waals surface area contributed by atoms with Gasteiger partial charge in [-0.2, -0.15) is 5.10 Å². The predicted molar refractivity (Wildman–Crippen MR) is 120 cm³/mol. The zero-order valence-corrected chi connectivity index (χ0v) is 18.2. The van der Waals surface area contributed by atoms with Crippen molar-refractivity contribution >= 4 is 29.0 Å². The lowest BCUT2D eigenvalue weighted by atomic mass is 9.73. The van der Waals surface area contributed by atoms with Crippen LogP contribution in [0.25, 0.3) is 11.1 Å². The summed E-state index contributed by atoms with van der Waals surface area (Å²) in [6.07, 6.45) is 3.75. The molecular formula is C22H23Cl2N5O. The van der Waals surface area contributed by atoms with E-state index in [1.807, 2.05) is 35.1 Å². The lowest BCUT2D eigenvalue weighted by Crippen LogP contribution is -2.45. The van der Waals surface area contributed by atoms with Crippen LogP contribution in [0.1, 0.15) is 24.6 Å². The number of piperidine rings is 1. The maximum atomic E-state index is 13.1. The van der Waals surface area contributed by atoms with Crippen LogP contribution in [0.3, 0.4) is 0 Å². The van der Waals surface area contributed by atoms with E-state index in [9.17, 15) is 4.79 Å². The van der Waals surface area contributed by atoms with Gasteiger partial charge in [0.15, 0.2) is 0 Å². The fourth-order valence-corrected chi connectivity index (χ4v) is 5.36. The number of hydrogen-bond donors (Lipinski definition) is 1. The topological polar surface area (TPSA) is 69.1 Å². The Labute approximate surface area is 184 Å². The van der Waals surface area contributed by atoms with Gasteiger partial charge in [0.25, 0.3) is 5.56 Å². The van der Waals surface area contributed by atoms with Crippen molar-refractivity contribution in [3.63, 3.8) is 0 Å². The van der Waals surface area contributed by atoms with Gasteiger partial charge in [0.1, 0.15) is 5.82 Å². The SMILES string of the molecule is Cn1c(N2CCC3(CC2)Cn2nccc2[C@H]3N)ccc(-c2cccc(Cl)c2Cl)c1=O. The Morgan fingerprint density at radius 1 is 1.10 bits per heavy atom. The minimum atomic E-state index is -0.0883. The molecule has 0 saturated carbocycles. The van der Waals surface area contributed by atoms with Gasteiger partial charge in [-0.05, 0) is 37.1 Å². The maximum Gasteiger partial charge on any atom is 0.259 e. The Bertz CT molecular complexity index is 1180. The number of benzene rings is 1. The summed E-state index contributed by atoms with van der Waals surface area (Å²) in [5.74, 6) is 0.904. The van der Waals surface area contributed by atoms with E-state index in [1.54, 1.807) is 23.7 Å². The monoisotopic (exact) mass is 443 g/mol. The summed E-state index contributed by atoms with van der Waals surface area (Å²) < 4.78 is 3.74. The van der Waals surface area contributed by atoms with Crippen LogP contribution in [0.5, 0.6) is 0 Å². The largest absolute Gasteiger partial charge is 0.358 e. The predicted octanol–water partition coefficient (Wildman–Crippen LogP) is 3.86. The molecule has 3 aromatic rings.